The summed E-state index contributed by atoms with van der Waals surface area (Å²) in [6.07, 6.45) is 3.53. The number of halogens is 2. The molecule has 4 nitrogen and oxygen atoms in total. The summed E-state index contributed by atoms with van der Waals surface area (Å²) in [5, 5.41) is 17.1. The summed E-state index contributed by atoms with van der Waals surface area (Å²) in [6, 6.07) is 6.76. The topological polar surface area (TPSA) is 73.9 Å². The molecule has 1 fully saturated rings. The molecule has 0 amide bonds. The van der Waals surface area contributed by atoms with Crippen LogP contribution in [0.1, 0.15) is 31.2 Å². The number of carbonyl (C=O) groups is 1. The van der Waals surface area contributed by atoms with Crippen LogP contribution in [0.25, 0.3) is 0 Å². The molecule has 0 aromatic heterocycles. The Bertz CT molecular complexity index is 708. The molecule has 2 rings (SSSR count). The number of nitriles is 2. The molecule has 23 heavy (non-hydrogen) atoms. The summed E-state index contributed by atoms with van der Waals surface area (Å²) in [4.78, 5) is 12.1. The Labute approximate surface area is 132 Å². The predicted octanol–water partition coefficient (Wildman–Crippen LogP) is 3.79. The van der Waals surface area contributed by atoms with Gasteiger partial charge >= 0.3 is 5.97 Å². The van der Waals surface area contributed by atoms with Gasteiger partial charge in [-0.2, -0.15) is 14.9 Å². The molecular weight excluding hydrogens is 302 g/mol. The number of carbonyl (C=O) groups excluding carboxylic acids is 1. The minimum absolute atomic E-state index is 0.0499. The number of ether oxygens (including phenoxy) is 1. The lowest BCUT2D eigenvalue weighted by atomic mass is 9.82. The summed E-state index contributed by atoms with van der Waals surface area (Å²) in [5.74, 6) is -2.32. The molecule has 0 spiro atoms. The summed E-state index contributed by atoms with van der Waals surface area (Å²) >= 11 is 0. The Morgan fingerprint density at radius 3 is 2.52 bits per heavy atom. The van der Waals surface area contributed by atoms with Crippen LogP contribution in [0.5, 0.6) is 5.75 Å². The largest absolute Gasteiger partial charge is 0.426 e. The van der Waals surface area contributed by atoms with E-state index in [2.05, 4.69) is 0 Å². The molecule has 0 saturated heterocycles. The minimum Gasteiger partial charge on any atom is -0.426 e. The first kappa shape index (κ1) is 16.6. The zero-order valence-corrected chi connectivity index (χ0v) is 12.3. The smallest absolute Gasteiger partial charge is 0.314 e. The maximum atomic E-state index is 13.5. The number of allylic oxidation sites excluding steroid dienone is 2. The second-order valence-electron chi connectivity index (χ2n) is 5.41. The molecule has 1 saturated carbocycles. The highest BCUT2D eigenvalue weighted by Gasteiger charge is 2.27. The molecule has 0 atom stereocenters. The van der Waals surface area contributed by atoms with E-state index in [4.69, 9.17) is 15.3 Å². The van der Waals surface area contributed by atoms with Crippen LogP contribution in [-0.4, -0.2) is 5.97 Å². The molecule has 0 aliphatic heterocycles. The van der Waals surface area contributed by atoms with Gasteiger partial charge in [0.1, 0.15) is 23.7 Å². The lowest BCUT2D eigenvalue weighted by Crippen LogP contribution is -2.25. The van der Waals surface area contributed by atoms with E-state index in [1.807, 2.05) is 0 Å². The third-order valence-corrected chi connectivity index (χ3v) is 3.87. The Morgan fingerprint density at radius 2 is 1.96 bits per heavy atom. The number of benzene rings is 1. The number of hydrogen-bond donors (Lipinski definition) is 0. The van der Waals surface area contributed by atoms with Crippen molar-refractivity contribution >= 4 is 5.97 Å². The highest BCUT2D eigenvalue weighted by atomic mass is 19.1. The summed E-state index contributed by atoms with van der Waals surface area (Å²) in [7, 11) is 0. The van der Waals surface area contributed by atoms with Crippen molar-refractivity contribution in [2.75, 3.05) is 0 Å². The molecule has 1 aromatic rings. The molecule has 0 bridgehead atoms. The SMILES string of the molecule is N#C/C(F)=C\C1CCC(C(=O)Oc2ccc(C#N)c(F)c2)CC1. The Kier molecular flexibility index (Phi) is 5.43. The van der Waals surface area contributed by atoms with Gasteiger partial charge in [-0.25, -0.2) is 4.39 Å². The van der Waals surface area contributed by atoms with Gasteiger partial charge in [-0.1, -0.05) is 0 Å². The van der Waals surface area contributed by atoms with Crippen molar-refractivity contribution in [3.05, 3.63) is 41.5 Å². The first-order valence-corrected chi connectivity index (χ1v) is 7.22. The van der Waals surface area contributed by atoms with Gasteiger partial charge in [0.25, 0.3) is 0 Å². The molecule has 0 unspecified atom stereocenters. The molecule has 6 heteroatoms. The van der Waals surface area contributed by atoms with Crippen LogP contribution in [0.3, 0.4) is 0 Å². The van der Waals surface area contributed by atoms with Crippen LogP contribution in [0.15, 0.2) is 30.1 Å². The van der Waals surface area contributed by atoms with E-state index in [1.165, 1.54) is 24.3 Å². The van der Waals surface area contributed by atoms with Crippen molar-refractivity contribution in [2.45, 2.75) is 25.7 Å². The van der Waals surface area contributed by atoms with E-state index >= 15 is 0 Å². The highest BCUT2D eigenvalue weighted by molar-refractivity contribution is 5.75. The first-order valence-electron chi connectivity index (χ1n) is 7.22. The zero-order chi connectivity index (χ0) is 16.8. The molecule has 1 aliphatic rings. The van der Waals surface area contributed by atoms with Crippen molar-refractivity contribution in [1.29, 1.82) is 10.5 Å². The van der Waals surface area contributed by atoms with Crippen LogP contribution >= 0.6 is 0 Å². The third kappa shape index (κ3) is 4.37. The summed E-state index contributed by atoms with van der Waals surface area (Å²) in [6.45, 7) is 0. The Hall–Kier alpha value is -2.73. The van der Waals surface area contributed by atoms with Crippen molar-refractivity contribution in [1.82, 2.24) is 0 Å². The molecule has 0 radical (unpaired) electrons. The van der Waals surface area contributed by atoms with E-state index in [9.17, 15) is 13.6 Å². The molecule has 0 heterocycles. The average molecular weight is 316 g/mol. The lowest BCUT2D eigenvalue weighted by molar-refractivity contribution is -0.140. The van der Waals surface area contributed by atoms with E-state index in [0.717, 1.165) is 6.07 Å². The van der Waals surface area contributed by atoms with Crippen molar-refractivity contribution in [3.8, 4) is 17.9 Å². The number of nitrogens with zero attached hydrogens (tertiary/aromatic N) is 2. The fourth-order valence-corrected chi connectivity index (χ4v) is 2.62. The molecule has 0 N–H and O–H groups in total. The molecular formula is C17H14F2N2O2. The maximum absolute atomic E-state index is 13.5. The first-order chi connectivity index (χ1) is 11.0. The molecule has 1 aliphatic carbocycles. The van der Waals surface area contributed by atoms with E-state index in [-0.39, 0.29) is 23.1 Å². The standard InChI is InChI=1S/C17H14F2N2O2/c18-14(10-21)7-11-1-3-12(4-2-11)17(22)23-15-6-5-13(9-20)16(19)8-15/h5-8,11-12H,1-4H2/b14-7+. The van der Waals surface area contributed by atoms with Crippen molar-refractivity contribution in [2.24, 2.45) is 11.8 Å². The van der Waals surface area contributed by atoms with Gasteiger partial charge < -0.3 is 4.74 Å². The van der Waals surface area contributed by atoms with E-state index < -0.39 is 17.6 Å². The Balaban J connectivity index is 1.92. The maximum Gasteiger partial charge on any atom is 0.314 e. The quantitative estimate of drug-likeness (QED) is 0.483. The predicted molar refractivity (Wildman–Crippen MR) is 77.0 cm³/mol. The van der Waals surface area contributed by atoms with Crippen molar-refractivity contribution < 1.29 is 18.3 Å². The molecule has 1 aromatic carbocycles. The van der Waals surface area contributed by atoms with Gasteiger partial charge in [0.2, 0.25) is 0 Å². The highest BCUT2D eigenvalue weighted by Crippen LogP contribution is 2.31. The van der Waals surface area contributed by atoms with Crippen LogP contribution in [0.4, 0.5) is 8.78 Å². The zero-order valence-electron chi connectivity index (χ0n) is 12.3. The van der Waals surface area contributed by atoms with E-state index in [0.29, 0.717) is 25.7 Å². The van der Waals surface area contributed by atoms with Gasteiger partial charge in [0, 0.05) is 6.07 Å². The number of rotatable bonds is 3. The van der Waals surface area contributed by atoms with Crippen LogP contribution in [-0.2, 0) is 4.79 Å². The van der Waals surface area contributed by atoms with Gasteiger partial charge in [-0.15, -0.1) is 0 Å². The molecule has 118 valence electrons. The summed E-state index contributed by atoms with van der Waals surface area (Å²) < 4.78 is 31.5. The van der Waals surface area contributed by atoms with Crippen LogP contribution in [0.2, 0.25) is 0 Å². The van der Waals surface area contributed by atoms with Gasteiger partial charge in [-0.3, -0.25) is 4.79 Å². The van der Waals surface area contributed by atoms with Crippen LogP contribution in [0, 0.1) is 40.3 Å². The summed E-state index contributed by atoms with van der Waals surface area (Å²) in [5.41, 5.74) is -0.114. The lowest BCUT2D eigenvalue weighted by Gasteiger charge is -2.25. The normalized spacial score (nSPS) is 21.1. The second kappa shape index (κ2) is 7.51. The average Bonchev–Trinajstić information content (AvgIpc) is 2.55. The van der Waals surface area contributed by atoms with Gasteiger partial charge in [0.15, 0.2) is 5.83 Å². The van der Waals surface area contributed by atoms with Gasteiger partial charge in [0.05, 0.1) is 11.5 Å². The van der Waals surface area contributed by atoms with Gasteiger partial charge in [-0.05, 0) is 49.8 Å². The fraction of sp³-hybridized carbons (Fsp3) is 0.353. The third-order valence-electron chi connectivity index (χ3n) is 3.87. The monoisotopic (exact) mass is 316 g/mol. The fourth-order valence-electron chi connectivity index (χ4n) is 2.62. The number of esters is 1. The van der Waals surface area contributed by atoms with Crippen LogP contribution < -0.4 is 4.74 Å². The minimum atomic E-state index is -0.802. The van der Waals surface area contributed by atoms with Crippen molar-refractivity contribution in [3.63, 3.8) is 0 Å². The van der Waals surface area contributed by atoms with E-state index in [1.54, 1.807) is 6.07 Å². The second-order valence-corrected chi connectivity index (χ2v) is 5.41. The number of hydrogen-bond acceptors (Lipinski definition) is 4. The Morgan fingerprint density at radius 1 is 1.26 bits per heavy atom.